The van der Waals surface area contributed by atoms with Crippen molar-refractivity contribution in [2.45, 2.75) is 36.0 Å². The Morgan fingerprint density at radius 2 is 2.07 bits per heavy atom. The first-order valence-electron chi connectivity index (χ1n) is 4.70. The third-order valence-corrected chi connectivity index (χ3v) is 4.75. The van der Waals surface area contributed by atoms with Gasteiger partial charge in [-0.05, 0) is 28.8 Å². The van der Waals surface area contributed by atoms with Crippen molar-refractivity contribution < 1.29 is 0 Å². The van der Waals surface area contributed by atoms with Crippen molar-refractivity contribution in [3.8, 4) is 0 Å². The summed E-state index contributed by atoms with van der Waals surface area (Å²) in [6.07, 6.45) is 6.80. The van der Waals surface area contributed by atoms with Gasteiger partial charge in [-0.1, -0.05) is 12.8 Å². The van der Waals surface area contributed by atoms with E-state index in [-0.39, 0.29) is 0 Å². The van der Waals surface area contributed by atoms with Crippen LogP contribution in [-0.4, -0.2) is 15.2 Å². The molecule has 14 heavy (non-hydrogen) atoms. The first-order valence-corrected chi connectivity index (χ1v) is 6.37. The third kappa shape index (κ3) is 2.20. The lowest BCUT2D eigenvalue weighted by atomic mass is 10.4. The molecule has 2 N–H and O–H groups in total. The Labute approximate surface area is 96.0 Å². The zero-order valence-corrected chi connectivity index (χ0v) is 10.1. The number of thioether (sulfide) groups is 1. The van der Waals surface area contributed by atoms with Gasteiger partial charge >= 0.3 is 0 Å². The number of nitrogens with zero attached hydrogens (tertiary/aromatic N) is 2. The van der Waals surface area contributed by atoms with Crippen LogP contribution in [0, 0.1) is 0 Å². The maximum Gasteiger partial charge on any atom is 0.142 e. The SMILES string of the molecule is Nc1ncnc(SC2CCCC2)c1Br. The zero-order valence-electron chi connectivity index (χ0n) is 7.74. The first kappa shape index (κ1) is 10.2. The molecule has 1 aromatic heterocycles. The predicted molar refractivity (Wildman–Crippen MR) is 62.3 cm³/mol. The van der Waals surface area contributed by atoms with Gasteiger partial charge in [-0.25, -0.2) is 9.97 Å². The quantitative estimate of drug-likeness (QED) is 0.842. The highest BCUT2D eigenvalue weighted by molar-refractivity contribution is 9.10. The van der Waals surface area contributed by atoms with E-state index in [4.69, 9.17) is 5.73 Å². The summed E-state index contributed by atoms with van der Waals surface area (Å²) in [6.45, 7) is 0. The molecule has 1 aliphatic rings. The summed E-state index contributed by atoms with van der Waals surface area (Å²) in [5, 5.41) is 1.69. The molecule has 2 rings (SSSR count). The van der Waals surface area contributed by atoms with Crippen LogP contribution in [0.15, 0.2) is 15.8 Å². The van der Waals surface area contributed by atoms with Crippen molar-refractivity contribution in [2.24, 2.45) is 0 Å². The van der Waals surface area contributed by atoms with Crippen LogP contribution in [0.4, 0.5) is 5.82 Å². The molecule has 3 nitrogen and oxygen atoms in total. The normalized spacial score (nSPS) is 17.5. The van der Waals surface area contributed by atoms with Gasteiger partial charge in [0.1, 0.15) is 17.2 Å². The molecule has 0 spiro atoms. The Bertz CT molecular complexity index is 326. The molecule has 0 saturated heterocycles. The van der Waals surface area contributed by atoms with E-state index in [1.54, 1.807) is 0 Å². The average molecular weight is 274 g/mol. The summed E-state index contributed by atoms with van der Waals surface area (Å²) >= 11 is 5.23. The molecule has 0 amide bonds. The second-order valence-electron chi connectivity index (χ2n) is 3.40. The maximum absolute atomic E-state index is 5.68. The molecule has 0 radical (unpaired) electrons. The Hall–Kier alpha value is -0.290. The van der Waals surface area contributed by atoms with Crippen LogP contribution in [-0.2, 0) is 0 Å². The lowest BCUT2D eigenvalue weighted by Gasteiger charge is -2.09. The fourth-order valence-corrected chi connectivity index (χ4v) is 3.30. The molecule has 1 fully saturated rings. The van der Waals surface area contributed by atoms with Crippen molar-refractivity contribution >= 4 is 33.5 Å². The average Bonchev–Trinajstić information content (AvgIpc) is 2.66. The van der Waals surface area contributed by atoms with Gasteiger partial charge < -0.3 is 5.73 Å². The van der Waals surface area contributed by atoms with Crippen LogP contribution in [0.5, 0.6) is 0 Å². The van der Waals surface area contributed by atoms with Crippen molar-refractivity contribution in [2.75, 3.05) is 5.73 Å². The molecule has 1 aliphatic carbocycles. The maximum atomic E-state index is 5.68. The molecule has 1 aromatic rings. The summed E-state index contributed by atoms with van der Waals surface area (Å²) < 4.78 is 0.844. The Morgan fingerprint density at radius 1 is 1.36 bits per heavy atom. The van der Waals surface area contributed by atoms with Crippen LogP contribution in [0.1, 0.15) is 25.7 Å². The van der Waals surface area contributed by atoms with E-state index in [1.165, 1.54) is 32.0 Å². The van der Waals surface area contributed by atoms with Crippen molar-refractivity contribution in [1.29, 1.82) is 0 Å². The zero-order chi connectivity index (χ0) is 9.97. The second-order valence-corrected chi connectivity index (χ2v) is 5.48. The number of anilines is 1. The minimum absolute atomic E-state index is 0.528. The van der Waals surface area contributed by atoms with E-state index in [9.17, 15) is 0 Å². The van der Waals surface area contributed by atoms with Gasteiger partial charge in [-0.15, -0.1) is 11.8 Å². The Kier molecular flexibility index (Phi) is 3.28. The van der Waals surface area contributed by atoms with Crippen LogP contribution in [0.2, 0.25) is 0 Å². The van der Waals surface area contributed by atoms with Crippen molar-refractivity contribution in [3.05, 3.63) is 10.8 Å². The molecule has 76 valence electrons. The highest BCUT2D eigenvalue weighted by Crippen LogP contribution is 2.37. The molecule has 0 atom stereocenters. The Balaban J connectivity index is 2.11. The number of rotatable bonds is 2. The largest absolute Gasteiger partial charge is 0.383 e. The first-order chi connectivity index (χ1) is 6.77. The summed E-state index contributed by atoms with van der Waals surface area (Å²) in [6, 6.07) is 0. The minimum Gasteiger partial charge on any atom is -0.383 e. The van der Waals surface area contributed by atoms with E-state index in [0.717, 1.165) is 9.50 Å². The van der Waals surface area contributed by atoms with Crippen molar-refractivity contribution in [3.63, 3.8) is 0 Å². The predicted octanol–water partition coefficient (Wildman–Crippen LogP) is 2.86. The van der Waals surface area contributed by atoms with Crippen LogP contribution >= 0.6 is 27.7 Å². The second kappa shape index (κ2) is 4.49. The highest BCUT2D eigenvalue weighted by atomic mass is 79.9. The van der Waals surface area contributed by atoms with Gasteiger partial charge in [-0.2, -0.15) is 0 Å². The van der Waals surface area contributed by atoms with Gasteiger partial charge in [0.05, 0.1) is 4.47 Å². The third-order valence-electron chi connectivity index (χ3n) is 2.36. The summed E-state index contributed by atoms with van der Waals surface area (Å²) in [4.78, 5) is 8.15. The van der Waals surface area contributed by atoms with Gasteiger partial charge in [0, 0.05) is 5.25 Å². The lowest BCUT2D eigenvalue weighted by Crippen LogP contribution is -1.99. The highest BCUT2D eigenvalue weighted by Gasteiger charge is 2.18. The molecule has 1 heterocycles. The topological polar surface area (TPSA) is 51.8 Å². The Morgan fingerprint density at radius 3 is 2.79 bits per heavy atom. The summed E-state index contributed by atoms with van der Waals surface area (Å²) in [7, 11) is 0. The molecule has 1 saturated carbocycles. The smallest absolute Gasteiger partial charge is 0.142 e. The van der Waals surface area contributed by atoms with E-state index in [0.29, 0.717) is 11.1 Å². The van der Waals surface area contributed by atoms with Gasteiger partial charge in [0.25, 0.3) is 0 Å². The standard InChI is InChI=1S/C9H12BrN3S/c10-7-8(11)12-5-13-9(7)14-6-3-1-2-4-6/h5-6H,1-4H2,(H2,11,12,13). The van der Waals surface area contributed by atoms with Gasteiger partial charge in [0.2, 0.25) is 0 Å². The fraction of sp³-hybridized carbons (Fsp3) is 0.556. The van der Waals surface area contributed by atoms with E-state index < -0.39 is 0 Å². The number of aromatic nitrogens is 2. The number of nitrogen functional groups attached to an aromatic ring is 1. The molecule has 5 heteroatoms. The van der Waals surface area contributed by atoms with Crippen molar-refractivity contribution in [1.82, 2.24) is 9.97 Å². The monoisotopic (exact) mass is 273 g/mol. The van der Waals surface area contributed by atoms with E-state index in [1.807, 2.05) is 11.8 Å². The number of halogens is 1. The molecule has 0 bridgehead atoms. The van der Waals surface area contributed by atoms with Crippen LogP contribution in [0.25, 0.3) is 0 Å². The van der Waals surface area contributed by atoms with Gasteiger partial charge in [-0.3, -0.25) is 0 Å². The molecule has 0 unspecified atom stereocenters. The van der Waals surface area contributed by atoms with Crippen LogP contribution in [0.3, 0.4) is 0 Å². The summed E-state index contributed by atoms with van der Waals surface area (Å²) in [5.74, 6) is 0.528. The minimum atomic E-state index is 0.528. The molecular weight excluding hydrogens is 262 g/mol. The fourth-order valence-electron chi connectivity index (χ4n) is 1.61. The number of nitrogens with two attached hydrogens (primary N) is 1. The number of hydrogen-bond donors (Lipinski definition) is 1. The van der Waals surface area contributed by atoms with Gasteiger partial charge in [0.15, 0.2) is 0 Å². The summed E-state index contributed by atoms with van der Waals surface area (Å²) in [5.41, 5.74) is 5.68. The number of hydrogen-bond acceptors (Lipinski definition) is 4. The molecular formula is C9H12BrN3S. The lowest BCUT2D eigenvalue weighted by molar-refractivity contribution is 0.886. The van der Waals surface area contributed by atoms with Crippen LogP contribution < -0.4 is 5.73 Å². The van der Waals surface area contributed by atoms with E-state index >= 15 is 0 Å². The molecule has 0 aliphatic heterocycles. The van der Waals surface area contributed by atoms with E-state index in [2.05, 4.69) is 25.9 Å². The molecule has 0 aromatic carbocycles.